The number of esters is 2. The second-order valence-corrected chi connectivity index (χ2v) is 15.3. The third-order valence-corrected chi connectivity index (χ3v) is 9.33. The molecular formula is C39H69O11P. The zero-order chi connectivity index (χ0) is 37.6. The van der Waals surface area contributed by atoms with Crippen LogP contribution in [0.2, 0.25) is 0 Å². The van der Waals surface area contributed by atoms with E-state index in [4.69, 9.17) is 23.8 Å². The molecule has 11 nitrogen and oxygen atoms in total. The van der Waals surface area contributed by atoms with Crippen LogP contribution in [0.1, 0.15) is 143 Å². The first kappa shape index (κ1) is 47.2. The number of rotatable bonds is 34. The molecule has 12 heteroatoms. The summed E-state index contributed by atoms with van der Waals surface area (Å²) in [5, 5.41) is 18.3. The van der Waals surface area contributed by atoms with E-state index >= 15 is 0 Å². The van der Waals surface area contributed by atoms with Crippen molar-refractivity contribution in [1.82, 2.24) is 0 Å². The molecule has 0 aromatic heterocycles. The molecule has 1 rings (SSSR count). The fourth-order valence-corrected chi connectivity index (χ4v) is 6.00. The minimum Gasteiger partial charge on any atom is -0.462 e. The van der Waals surface area contributed by atoms with Crippen molar-refractivity contribution >= 4 is 19.8 Å². The van der Waals surface area contributed by atoms with E-state index in [0.717, 1.165) is 50.9 Å². The van der Waals surface area contributed by atoms with Gasteiger partial charge in [0.05, 0.1) is 32.0 Å². The van der Waals surface area contributed by atoms with Crippen molar-refractivity contribution < 1.29 is 52.5 Å². The van der Waals surface area contributed by atoms with E-state index in [1.54, 1.807) is 0 Å². The van der Waals surface area contributed by atoms with Crippen LogP contribution >= 0.6 is 7.82 Å². The van der Waals surface area contributed by atoms with Gasteiger partial charge in [0.15, 0.2) is 6.10 Å². The van der Waals surface area contributed by atoms with Gasteiger partial charge in [-0.3, -0.25) is 18.6 Å². The smallest absolute Gasteiger partial charge is 0.462 e. The third-order valence-electron chi connectivity index (χ3n) is 8.38. The molecule has 0 bridgehead atoms. The van der Waals surface area contributed by atoms with Crippen LogP contribution in [-0.4, -0.2) is 77.9 Å². The van der Waals surface area contributed by atoms with Crippen molar-refractivity contribution in [3.8, 4) is 0 Å². The topological polar surface area (TPSA) is 161 Å². The number of allylic oxidation sites excluding steroid dienone is 4. The predicted octanol–water partition coefficient (Wildman–Crippen LogP) is 8.45. The molecule has 1 fully saturated rings. The lowest BCUT2D eigenvalue weighted by molar-refractivity contribution is -0.161. The van der Waals surface area contributed by atoms with E-state index < -0.39 is 51.8 Å². The maximum Gasteiger partial charge on any atom is 0.472 e. The first-order valence-electron chi connectivity index (χ1n) is 19.4. The number of phosphoric acid groups is 1. The van der Waals surface area contributed by atoms with Crippen LogP contribution in [0.15, 0.2) is 36.5 Å². The maximum atomic E-state index is 12.5. The van der Waals surface area contributed by atoms with Crippen molar-refractivity contribution in [2.45, 2.75) is 167 Å². The van der Waals surface area contributed by atoms with Crippen molar-refractivity contribution in [1.29, 1.82) is 0 Å². The largest absolute Gasteiger partial charge is 0.472 e. The average Bonchev–Trinajstić information content (AvgIpc) is 3.86. The van der Waals surface area contributed by atoms with Crippen LogP contribution in [-0.2, 0) is 37.4 Å². The summed E-state index contributed by atoms with van der Waals surface area (Å²) < 4.78 is 38.3. The molecule has 1 saturated heterocycles. The Morgan fingerprint density at radius 1 is 0.745 bits per heavy atom. The number of ether oxygens (including phenoxy) is 3. The monoisotopic (exact) mass is 744 g/mol. The highest BCUT2D eigenvalue weighted by atomic mass is 31.2. The Balaban J connectivity index is 2.33. The highest BCUT2D eigenvalue weighted by Gasteiger charge is 2.36. The minimum absolute atomic E-state index is 0.157. The number of hydrogen-bond acceptors (Lipinski definition) is 10. The summed E-state index contributed by atoms with van der Waals surface area (Å²) in [5.41, 5.74) is 0. The summed E-state index contributed by atoms with van der Waals surface area (Å²) in [6.07, 6.45) is 28.9. The lowest BCUT2D eigenvalue weighted by Crippen LogP contribution is -2.29. The van der Waals surface area contributed by atoms with E-state index in [9.17, 15) is 24.2 Å². The molecule has 51 heavy (non-hydrogen) atoms. The van der Waals surface area contributed by atoms with Crippen molar-refractivity contribution in [2.75, 3.05) is 26.4 Å². The van der Waals surface area contributed by atoms with Crippen LogP contribution in [0.25, 0.3) is 0 Å². The van der Waals surface area contributed by atoms with E-state index in [2.05, 4.69) is 55.7 Å². The molecule has 0 aliphatic carbocycles. The molecule has 0 saturated carbocycles. The lowest BCUT2D eigenvalue weighted by Gasteiger charge is -2.20. The van der Waals surface area contributed by atoms with Crippen molar-refractivity contribution in [3.63, 3.8) is 0 Å². The Morgan fingerprint density at radius 3 is 2.02 bits per heavy atom. The molecular weight excluding hydrogens is 675 g/mol. The highest BCUT2D eigenvalue weighted by Crippen LogP contribution is 2.43. The molecule has 5 atom stereocenters. The maximum absolute atomic E-state index is 12.5. The van der Waals surface area contributed by atoms with Gasteiger partial charge in [-0.25, -0.2) is 4.57 Å². The van der Waals surface area contributed by atoms with Crippen LogP contribution in [0.3, 0.4) is 0 Å². The summed E-state index contributed by atoms with van der Waals surface area (Å²) >= 11 is 0. The average molecular weight is 745 g/mol. The van der Waals surface area contributed by atoms with Crippen LogP contribution in [0.5, 0.6) is 0 Å². The van der Waals surface area contributed by atoms with Gasteiger partial charge in [-0.05, 0) is 57.3 Å². The predicted molar refractivity (Wildman–Crippen MR) is 200 cm³/mol. The normalized spacial score (nSPS) is 18.5. The fraction of sp³-hybridized carbons (Fsp3) is 0.795. The van der Waals surface area contributed by atoms with Gasteiger partial charge in [0.2, 0.25) is 0 Å². The van der Waals surface area contributed by atoms with Crippen LogP contribution in [0, 0.1) is 5.92 Å². The highest BCUT2D eigenvalue weighted by molar-refractivity contribution is 7.47. The molecule has 0 aromatic rings. The summed E-state index contributed by atoms with van der Waals surface area (Å²) in [4.78, 5) is 34.8. The molecule has 3 unspecified atom stereocenters. The van der Waals surface area contributed by atoms with Crippen molar-refractivity contribution in [2.24, 2.45) is 5.92 Å². The van der Waals surface area contributed by atoms with Gasteiger partial charge in [0.25, 0.3) is 0 Å². The number of phosphoric ester groups is 1. The molecule has 1 aliphatic heterocycles. The summed E-state index contributed by atoms with van der Waals surface area (Å²) in [5.74, 6) is -0.274. The first-order chi connectivity index (χ1) is 24.6. The lowest BCUT2D eigenvalue weighted by atomic mass is 10.0. The van der Waals surface area contributed by atoms with Crippen LogP contribution < -0.4 is 0 Å². The van der Waals surface area contributed by atoms with Gasteiger partial charge < -0.3 is 29.3 Å². The molecule has 0 amide bonds. The first-order valence-corrected chi connectivity index (χ1v) is 20.9. The van der Waals surface area contributed by atoms with E-state index in [0.29, 0.717) is 19.3 Å². The molecule has 1 heterocycles. The van der Waals surface area contributed by atoms with Gasteiger partial charge in [-0.2, -0.15) is 0 Å². The van der Waals surface area contributed by atoms with Gasteiger partial charge in [-0.15, -0.1) is 0 Å². The van der Waals surface area contributed by atoms with Crippen molar-refractivity contribution in [3.05, 3.63) is 36.5 Å². The summed E-state index contributed by atoms with van der Waals surface area (Å²) in [6.45, 7) is 4.49. The summed E-state index contributed by atoms with van der Waals surface area (Å²) in [6, 6.07) is 0. The zero-order valence-corrected chi connectivity index (χ0v) is 32.6. The molecule has 1 aliphatic rings. The number of hydrogen-bond donors (Lipinski definition) is 3. The standard InChI is InChI=1S/C39H69O11P/c1-4-5-6-7-8-9-12-15-20-25-36-37(50-36)26-21-17-18-22-27-38(42)46-31-35(32-48-51(44,45)47-30-34(41)29-40)49-39(43)28-23-16-13-10-11-14-19-24-33(2)3/h8-9,15,17,20-21,33-37,40-41H,4-7,10-14,16,18-19,22-32H2,1-3H3,(H,44,45)/b9-8-,20-15-,21-17-/t34-,35+,36?,37?/m0/s1. The number of aliphatic hydroxyl groups excluding tert-OH is 2. The number of aliphatic hydroxyl groups is 2. The molecule has 0 aromatic carbocycles. The Labute approximate surface area is 307 Å². The van der Waals surface area contributed by atoms with Crippen LogP contribution in [0.4, 0.5) is 0 Å². The Hall–Kier alpha value is -1.85. The minimum atomic E-state index is -4.63. The Morgan fingerprint density at radius 2 is 1.33 bits per heavy atom. The number of carbonyl (C=O) groups excluding carboxylic acids is 2. The zero-order valence-electron chi connectivity index (χ0n) is 31.7. The Bertz CT molecular complexity index is 1030. The van der Waals surface area contributed by atoms with Gasteiger partial charge in [0, 0.05) is 12.8 Å². The Kier molecular flexibility index (Phi) is 28.3. The van der Waals surface area contributed by atoms with Gasteiger partial charge in [-0.1, -0.05) is 115 Å². The van der Waals surface area contributed by atoms with E-state index in [1.165, 1.54) is 44.9 Å². The summed E-state index contributed by atoms with van der Waals surface area (Å²) in [7, 11) is -4.63. The fourth-order valence-electron chi connectivity index (χ4n) is 5.21. The van der Waals surface area contributed by atoms with E-state index in [1.807, 2.05) is 6.08 Å². The second kappa shape index (κ2) is 30.6. The molecule has 296 valence electrons. The van der Waals surface area contributed by atoms with Gasteiger partial charge >= 0.3 is 19.8 Å². The molecule has 3 N–H and O–H groups in total. The number of unbranched alkanes of at least 4 members (excludes halogenated alkanes) is 10. The van der Waals surface area contributed by atoms with Gasteiger partial charge in [0.1, 0.15) is 12.7 Å². The SMILES string of the molecule is CCCCC/C=C\C/C=C\CC1OC1C/C=C\CCCC(=O)OC[C@H](COP(=O)(O)OC[C@@H](O)CO)OC(=O)CCCCCCCCCC(C)C. The molecule has 0 radical (unpaired) electrons. The second-order valence-electron chi connectivity index (χ2n) is 13.8. The third kappa shape index (κ3) is 29.3. The van der Waals surface area contributed by atoms with E-state index in [-0.39, 0.29) is 31.7 Å². The number of carbonyl (C=O) groups is 2. The molecule has 0 spiro atoms. The number of epoxide rings is 1. The quantitative estimate of drug-likeness (QED) is 0.0191.